The largest absolute Gasteiger partial charge is 0.309 e. The van der Waals surface area contributed by atoms with Gasteiger partial charge in [-0.2, -0.15) is 0 Å². The van der Waals surface area contributed by atoms with Gasteiger partial charge in [0.2, 0.25) is 0 Å². The van der Waals surface area contributed by atoms with Crippen molar-refractivity contribution in [3.8, 4) is 55.6 Å². The van der Waals surface area contributed by atoms with Gasteiger partial charge in [-0.1, -0.05) is 173 Å². The number of fused-ring (bicyclic) bond motifs is 9. The third-order valence-electron chi connectivity index (χ3n) is 13.9. The predicted molar refractivity (Wildman–Crippen MR) is 265 cm³/mol. The molecule has 0 saturated heterocycles. The monoisotopic (exact) mass is 811 g/mol. The number of thiophene rings is 1. The van der Waals surface area contributed by atoms with E-state index in [4.69, 9.17) is 0 Å². The van der Waals surface area contributed by atoms with E-state index in [0.717, 1.165) is 11.4 Å². The van der Waals surface area contributed by atoms with Crippen molar-refractivity contribution in [1.82, 2.24) is 0 Å². The average Bonchev–Trinajstić information content (AvgIpc) is 3.89. The fourth-order valence-corrected chi connectivity index (χ4v) is 11.8. The van der Waals surface area contributed by atoms with Crippen molar-refractivity contribution in [3.05, 3.63) is 222 Å². The molecule has 2 aliphatic rings. The van der Waals surface area contributed by atoms with E-state index in [-0.39, 0.29) is 10.8 Å². The molecule has 12 rings (SSSR count). The Bertz CT molecular complexity index is 3430. The Balaban J connectivity index is 1.03. The fourth-order valence-electron chi connectivity index (χ4n) is 10.7. The van der Waals surface area contributed by atoms with Crippen LogP contribution in [0.15, 0.2) is 200 Å². The number of anilines is 3. The van der Waals surface area contributed by atoms with Crippen LogP contribution in [-0.4, -0.2) is 0 Å². The van der Waals surface area contributed by atoms with E-state index in [2.05, 4.69) is 233 Å². The van der Waals surface area contributed by atoms with Gasteiger partial charge in [0.1, 0.15) is 0 Å². The highest BCUT2D eigenvalue weighted by molar-refractivity contribution is 7.25. The molecule has 0 saturated carbocycles. The van der Waals surface area contributed by atoms with Crippen LogP contribution in [0, 0.1) is 0 Å². The van der Waals surface area contributed by atoms with Crippen molar-refractivity contribution in [2.45, 2.75) is 38.5 Å². The molecular formula is C60H45NS. The van der Waals surface area contributed by atoms with Crippen LogP contribution in [0.3, 0.4) is 0 Å². The van der Waals surface area contributed by atoms with Crippen molar-refractivity contribution in [2.75, 3.05) is 4.90 Å². The lowest BCUT2D eigenvalue weighted by molar-refractivity contribution is 0.660. The quantitative estimate of drug-likeness (QED) is 0.162. The summed E-state index contributed by atoms with van der Waals surface area (Å²) in [7, 11) is 0. The number of hydrogen-bond acceptors (Lipinski definition) is 2. The van der Waals surface area contributed by atoms with E-state index < -0.39 is 0 Å². The molecule has 0 amide bonds. The molecule has 0 atom stereocenters. The van der Waals surface area contributed by atoms with Crippen LogP contribution in [0.1, 0.15) is 49.9 Å². The zero-order chi connectivity index (χ0) is 41.7. The highest BCUT2D eigenvalue weighted by Crippen LogP contribution is 2.55. The lowest BCUT2D eigenvalue weighted by atomic mass is 9.82. The minimum Gasteiger partial charge on any atom is -0.309 e. The highest BCUT2D eigenvalue weighted by Gasteiger charge is 2.38. The average molecular weight is 812 g/mol. The minimum absolute atomic E-state index is 0.0149. The first kappa shape index (κ1) is 36.8. The Morgan fingerprint density at radius 2 is 0.887 bits per heavy atom. The van der Waals surface area contributed by atoms with Gasteiger partial charge in [0.15, 0.2) is 0 Å². The summed E-state index contributed by atoms with van der Waals surface area (Å²) >= 11 is 1.87. The van der Waals surface area contributed by atoms with Crippen LogP contribution >= 0.6 is 11.3 Å². The molecule has 0 spiro atoms. The molecule has 0 radical (unpaired) electrons. The molecule has 0 aliphatic heterocycles. The van der Waals surface area contributed by atoms with E-state index in [1.165, 1.54) is 104 Å². The van der Waals surface area contributed by atoms with Crippen LogP contribution in [0.2, 0.25) is 0 Å². The summed E-state index contributed by atoms with van der Waals surface area (Å²) < 4.78 is 2.63. The Kier molecular flexibility index (Phi) is 8.17. The number of para-hydroxylation sites is 1. The summed E-state index contributed by atoms with van der Waals surface area (Å²) in [6.45, 7) is 9.43. The minimum atomic E-state index is -0.129. The molecule has 62 heavy (non-hydrogen) atoms. The molecular weight excluding hydrogens is 767 g/mol. The Labute approximate surface area is 368 Å². The SMILES string of the molecule is CC1(C)c2ccccc2-c2cc(-c3cccc(-c4cccc(N(c5ccccc5-c5ccc6sc7ccccc7c6c5)c5cccc6c5-c5ccccc5C6(C)C)c4)c3)ccc21. The van der Waals surface area contributed by atoms with E-state index in [0.29, 0.717) is 0 Å². The van der Waals surface area contributed by atoms with Gasteiger partial charge in [-0.3, -0.25) is 0 Å². The second kappa shape index (κ2) is 13.8. The molecule has 9 aromatic carbocycles. The van der Waals surface area contributed by atoms with Gasteiger partial charge in [-0.15, -0.1) is 11.3 Å². The van der Waals surface area contributed by atoms with Gasteiger partial charge in [0.05, 0.1) is 11.4 Å². The van der Waals surface area contributed by atoms with Crippen molar-refractivity contribution in [3.63, 3.8) is 0 Å². The molecule has 2 heteroatoms. The van der Waals surface area contributed by atoms with Crippen LogP contribution in [0.4, 0.5) is 17.1 Å². The third-order valence-corrected chi connectivity index (χ3v) is 15.0. The summed E-state index contributed by atoms with van der Waals surface area (Å²) in [6.07, 6.45) is 0. The molecule has 1 heterocycles. The van der Waals surface area contributed by atoms with E-state index >= 15 is 0 Å². The van der Waals surface area contributed by atoms with Crippen LogP contribution in [-0.2, 0) is 10.8 Å². The third kappa shape index (κ3) is 5.53. The maximum Gasteiger partial charge on any atom is 0.0543 e. The molecule has 1 aromatic heterocycles. The van der Waals surface area contributed by atoms with Crippen molar-refractivity contribution < 1.29 is 0 Å². The van der Waals surface area contributed by atoms with Gasteiger partial charge < -0.3 is 4.90 Å². The van der Waals surface area contributed by atoms with Crippen molar-refractivity contribution in [2.24, 2.45) is 0 Å². The summed E-state index contributed by atoms with van der Waals surface area (Å²) in [5.74, 6) is 0. The topological polar surface area (TPSA) is 3.24 Å². The Morgan fingerprint density at radius 1 is 0.339 bits per heavy atom. The van der Waals surface area contributed by atoms with Gasteiger partial charge in [-0.25, -0.2) is 0 Å². The van der Waals surface area contributed by atoms with Gasteiger partial charge in [0.25, 0.3) is 0 Å². The van der Waals surface area contributed by atoms with Gasteiger partial charge >= 0.3 is 0 Å². The maximum atomic E-state index is 2.52. The zero-order valence-corrected chi connectivity index (χ0v) is 36.2. The second-order valence-electron chi connectivity index (χ2n) is 18.1. The summed E-state index contributed by atoms with van der Waals surface area (Å²) in [5, 5.41) is 2.62. The van der Waals surface area contributed by atoms with Crippen LogP contribution in [0.5, 0.6) is 0 Å². The molecule has 0 bridgehead atoms. The number of nitrogens with zero attached hydrogens (tertiary/aromatic N) is 1. The first-order chi connectivity index (χ1) is 30.3. The van der Waals surface area contributed by atoms with Gasteiger partial charge in [-0.05, 0) is 121 Å². The maximum absolute atomic E-state index is 2.52. The highest BCUT2D eigenvalue weighted by atomic mass is 32.1. The molecule has 10 aromatic rings. The van der Waals surface area contributed by atoms with Gasteiger partial charge in [0, 0.05) is 47.8 Å². The molecule has 0 N–H and O–H groups in total. The van der Waals surface area contributed by atoms with Crippen LogP contribution in [0.25, 0.3) is 75.8 Å². The predicted octanol–water partition coefficient (Wildman–Crippen LogP) is 17.1. The van der Waals surface area contributed by atoms with E-state index in [1.54, 1.807) is 0 Å². The summed E-state index contributed by atoms with van der Waals surface area (Å²) in [5.41, 5.74) is 21.4. The number of hydrogen-bond donors (Lipinski definition) is 0. The molecule has 1 nitrogen and oxygen atoms in total. The standard InChI is InChI=1S/C60H45NS/c1-59(2)50-24-9-5-21-45(50)48-36-41(30-32-52(48)59)39-17-13-16-38(34-39)40-18-14-19-43(35-40)61(55-28-15-26-53-58(55)47-23-6-10-25-51(47)60(53,3)4)54-27-11-7-20-44(54)42-31-33-57-49(37-42)46-22-8-12-29-56(46)62-57/h5-37H,1-4H3. The lowest BCUT2D eigenvalue weighted by Crippen LogP contribution is -2.16. The second-order valence-corrected chi connectivity index (χ2v) is 19.2. The number of benzene rings is 9. The molecule has 2 aliphatic carbocycles. The molecule has 0 fully saturated rings. The molecule has 0 unspecified atom stereocenters. The Hall–Kier alpha value is -7.00. The van der Waals surface area contributed by atoms with E-state index in [1.807, 2.05) is 11.3 Å². The number of rotatable bonds is 6. The Morgan fingerprint density at radius 3 is 1.71 bits per heavy atom. The first-order valence-corrected chi connectivity index (χ1v) is 22.6. The van der Waals surface area contributed by atoms with E-state index in [9.17, 15) is 0 Å². The summed E-state index contributed by atoms with van der Waals surface area (Å²) in [4.78, 5) is 2.52. The first-order valence-electron chi connectivity index (χ1n) is 21.8. The smallest absolute Gasteiger partial charge is 0.0543 e. The molecule has 296 valence electrons. The van der Waals surface area contributed by atoms with Crippen LogP contribution < -0.4 is 4.90 Å². The lowest BCUT2D eigenvalue weighted by Gasteiger charge is -2.31. The van der Waals surface area contributed by atoms with Crippen molar-refractivity contribution >= 4 is 48.6 Å². The van der Waals surface area contributed by atoms with Crippen molar-refractivity contribution in [1.29, 1.82) is 0 Å². The zero-order valence-electron chi connectivity index (χ0n) is 35.4. The summed E-state index contributed by atoms with van der Waals surface area (Å²) in [6, 6.07) is 74.9. The normalized spacial score (nSPS) is 14.1. The fraction of sp³-hybridized carbons (Fsp3) is 0.100.